The highest BCUT2D eigenvalue weighted by molar-refractivity contribution is 5.86. The summed E-state index contributed by atoms with van der Waals surface area (Å²) in [5, 5.41) is 12.4. The molecule has 0 radical (unpaired) electrons. The van der Waals surface area contributed by atoms with Crippen LogP contribution in [0.15, 0.2) is 12.1 Å². The van der Waals surface area contributed by atoms with Crippen molar-refractivity contribution in [3.05, 3.63) is 29.2 Å². The lowest BCUT2D eigenvalue weighted by Crippen LogP contribution is -2.15. The smallest absolute Gasteiger partial charge is 0.433 e. The summed E-state index contributed by atoms with van der Waals surface area (Å²) in [5.41, 5.74) is -1.15. The number of carbonyl (C=O) groups is 1. The average Bonchev–Trinajstić information content (AvgIpc) is 3.05. The molecule has 0 bridgehead atoms. The molecule has 0 amide bonds. The first-order valence-corrected chi connectivity index (χ1v) is 6.57. The van der Waals surface area contributed by atoms with Gasteiger partial charge in [0.05, 0.1) is 0 Å². The summed E-state index contributed by atoms with van der Waals surface area (Å²) in [4.78, 5) is 15.1. The van der Waals surface area contributed by atoms with E-state index >= 15 is 0 Å². The number of aromatic nitrogens is 3. The van der Waals surface area contributed by atoms with Crippen LogP contribution in [0.2, 0.25) is 0 Å². The summed E-state index contributed by atoms with van der Waals surface area (Å²) < 4.78 is 40.0. The minimum absolute atomic E-state index is 0.000668. The van der Waals surface area contributed by atoms with Crippen LogP contribution in [0.5, 0.6) is 0 Å². The minimum Gasteiger partial charge on any atom is -0.476 e. The van der Waals surface area contributed by atoms with E-state index in [2.05, 4.69) is 10.1 Å². The number of aromatic carboxylic acids is 1. The molecule has 0 aromatic carbocycles. The molecule has 0 atom stereocenters. The molecule has 1 saturated carbocycles. The lowest BCUT2D eigenvalue weighted by molar-refractivity contribution is -0.142. The number of carboxylic acids is 1. The maximum Gasteiger partial charge on any atom is 0.433 e. The standard InChI is InChI=1S/C13H12F3N3O2/c14-13(15,16)10-5-8(7-3-1-2-4-7)17-11-6-9(12(20)21)18-19(10)11/h5-7H,1-4H2,(H,20,21). The van der Waals surface area contributed by atoms with Crippen molar-refractivity contribution < 1.29 is 23.1 Å². The van der Waals surface area contributed by atoms with Gasteiger partial charge in [-0.25, -0.2) is 14.3 Å². The topological polar surface area (TPSA) is 67.5 Å². The van der Waals surface area contributed by atoms with Crippen molar-refractivity contribution in [1.29, 1.82) is 0 Å². The molecule has 1 N–H and O–H groups in total. The van der Waals surface area contributed by atoms with E-state index in [1.165, 1.54) is 0 Å². The molecule has 0 saturated heterocycles. The molecule has 112 valence electrons. The number of alkyl halides is 3. The maximum atomic E-state index is 13.2. The van der Waals surface area contributed by atoms with Gasteiger partial charge in [0.25, 0.3) is 0 Å². The monoisotopic (exact) mass is 299 g/mol. The summed E-state index contributed by atoms with van der Waals surface area (Å²) >= 11 is 0. The molecule has 3 rings (SSSR count). The second-order valence-corrected chi connectivity index (χ2v) is 5.15. The number of carboxylic acid groups (broad SMARTS) is 1. The van der Waals surface area contributed by atoms with E-state index in [1.54, 1.807) is 0 Å². The Morgan fingerprint density at radius 3 is 2.52 bits per heavy atom. The molecule has 1 aliphatic carbocycles. The third-order valence-corrected chi connectivity index (χ3v) is 3.73. The Morgan fingerprint density at radius 1 is 1.29 bits per heavy atom. The summed E-state index contributed by atoms with van der Waals surface area (Å²) in [6, 6.07) is 2.05. The van der Waals surface area contributed by atoms with Gasteiger partial charge in [-0.15, -0.1) is 0 Å². The van der Waals surface area contributed by atoms with Crippen molar-refractivity contribution in [3.63, 3.8) is 0 Å². The SMILES string of the molecule is O=C(O)c1cc2nc(C3CCCC3)cc(C(F)(F)F)n2n1. The van der Waals surface area contributed by atoms with E-state index < -0.39 is 23.5 Å². The molecule has 0 unspecified atom stereocenters. The first-order valence-electron chi connectivity index (χ1n) is 6.57. The third-order valence-electron chi connectivity index (χ3n) is 3.73. The summed E-state index contributed by atoms with van der Waals surface area (Å²) in [5.74, 6) is -1.38. The van der Waals surface area contributed by atoms with Crippen molar-refractivity contribution in [2.45, 2.75) is 37.8 Å². The Balaban J connectivity index is 2.21. The van der Waals surface area contributed by atoms with Crippen LogP contribution in [0.4, 0.5) is 13.2 Å². The third kappa shape index (κ3) is 2.45. The van der Waals surface area contributed by atoms with Crippen LogP contribution < -0.4 is 0 Å². The largest absolute Gasteiger partial charge is 0.476 e. The maximum absolute atomic E-state index is 13.2. The van der Waals surface area contributed by atoms with Crippen molar-refractivity contribution in [1.82, 2.24) is 14.6 Å². The highest BCUT2D eigenvalue weighted by atomic mass is 19.4. The molecular weight excluding hydrogens is 287 g/mol. The van der Waals surface area contributed by atoms with E-state index in [1.807, 2.05) is 0 Å². The van der Waals surface area contributed by atoms with Gasteiger partial charge in [0.1, 0.15) is 5.69 Å². The molecule has 2 aromatic rings. The van der Waals surface area contributed by atoms with E-state index in [0.717, 1.165) is 37.8 Å². The zero-order chi connectivity index (χ0) is 15.2. The van der Waals surface area contributed by atoms with Crippen LogP contribution in [-0.4, -0.2) is 25.7 Å². The summed E-state index contributed by atoms with van der Waals surface area (Å²) in [6.07, 6.45) is -1.06. The molecule has 21 heavy (non-hydrogen) atoms. The predicted molar refractivity (Wildman–Crippen MR) is 66.2 cm³/mol. The number of hydrogen-bond donors (Lipinski definition) is 1. The zero-order valence-electron chi connectivity index (χ0n) is 10.9. The first-order chi connectivity index (χ1) is 9.86. The highest BCUT2D eigenvalue weighted by Crippen LogP contribution is 2.36. The van der Waals surface area contributed by atoms with Crippen LogP contribution in [0, 0.1) is 0 Å². The van der Waals surface area contributed by atoms with Gasteiger partial charge >= 0.3 is 12.1 Å². The van der Waals surface area contributed by atoms with E-state index in [4.69, 9.17) is 5.11 Å². The number of rotatable bonds is 2. The van der Waals surface area contributed by atoms with E-state index in [9.17, 15) is 18.0 Å². The van der Waals surface area contributed by atoms with Gasteiger partial charge in [-0.3, -0.25) is 0 Å². The predicted octanol–water partition coefficient (Wildman–Crippen LogP) is 3.10. The van der Waals surface area contributed by atoms with Gasteiger partial charge in [-0.1, -0.05) is 12.8 Å². The fourth-order valence-corrected chi connectivity index (χ4v) is 2.73. The van der Waals surface area contributed by atoms with Gasteiger partial charge in [0.2, 0.25) is 0 Å². The summed E-state index contributed by atoms with van der Waals surface area (Å²) in [7, 11) is 0. The Labute approximate surface area is 117 Å². The van der Waals surface area contributed by atoms with Crippen molar-refractivity contribution in [2.24, 2.45) is 0 Å². The van der Waals surface area contributed by atoms with Crippen LogP contribution in [0.3, 0.4) is 0 Å². The van der Waals surface area contributed by atoms with E-state index in [0.29, 0.717) is 10.2 Å². The highest BCUT2D eigenvalue weighted by Gasteiger charge is 2.36. The van der Waals surface area contributed by atoms with Gasteiger partial charge in [-0.2, -0.15) is 18.3 Å². The van der Waals surface area contributed by atoms with Gasteiger partial charge in [0.15, 0.2) is 11.3 Å². The first kappa shape index (κ1) is 13.8. The zero-order valence-corrected chi connectivity index (χ0v) is 10.9. The second kappa shape index (κ2) is 4.71. The number of nitrogens with zero attached hydrogens (tertiary/aromatic N) is 3. The Morgan fingerprint density at radius 2 is 1.95 bits per heavy atom. The second-order valence-electron chi connectivity index (χ2n) is 5.15. The van der Waals surface area contributed by atoms with Crippen LogP contribution in [0.25, 0.3) is 5.65 Å². The molecule has 2 aromatic heterocycles. The fraction of sp³-hybridized carbons (Fsp3) is 0.462. The van der Waals surface area contributed by atoms with Crippen LogP contribution in [-0.2, 0) is 6.18 Å². The number of hydrogen-bond acceptors (Lipinski definition) is 3. The summed E-state index contributed by atoms with van der Waals surface area (Å²) in [6.45, 7) is 0. The normalized spacial score (nSPS) is 16.7. The van der Waals surface area contributed by atoms with Crippen LogP contribution in [0.1, 0.15) is 53.5 Å². The Bertz CT molecular complexity index is 702. The van der Waals surface area contributed by atoms with Gasteiger partial charge in [0, 0.05) is 17.7 Å². The average molecular weight is 299 g/mol. The molecule has 0 aliphatic heterocycles. The lowest BCUT2D eigenvalue weighted by Gasteiger charge is -2.13. The molecule has 5 nitrogen and oxygen atoms in total. The Hall–Kier alpha value is -2.12. The quantitative estimate of drug-likeness (QED) is 0.925. The van der Waals surface area contributed by atoms with Crippen molar-refractivity contribution >= 4 is 11.6 Å². The number of fused-ring (bicyclic) bond motifs is 1. The molecule has 8 heteroatoms. The molecule has 1 aliphatic rings. The van der Waals surface area contributed by atoms with Gasteiger partial charge in [-0.05, 0) is 18.9 Å². The van der Waals surface area contributed by atoms with Crippen molar-refractivity contribution in [3.8, 4) is 0 Å². The molecule has 0 spiro atoms. The van der Waals surface area contributed by atoms with Crippen LogP contribution >= 0.6 is 0 Å². The Kier molecular flexibility index (Phi) is 3.11. The lowest BCUT2D eigenvalue weighted by atomic mass is 10.0. The van der Waals surface area contributed by atoms with E-state index in [-0.39, 0.29) is 11.6 Å². The van der Waals surface area contributed by atoms with Gasteiger partial charge < -0.3 is 5.11 Å². The fourth-order valence-electron chi connectivity index (χ4n) is 2.73. The van der Waals surface area contributed by atoms with Crippen molar-refractivity contribution in [2.75, 3.05) is 0 Å². The molecular formula is C13H12F3N3O2. The molecule has 1 fully saturated rings. The number of halogens is 3. The molecule has 2 heterocycles. The minimum atomic E-state index is -4.61.